The third-order valence-corrected chi connectivity index (χ3v) is 4.93. The van der Waals surface area contributed by atoms with E-state index in [0.717, 1.165) is 11.4 Å². The quantitative estimate of drug-likeness (QED) is 0.485. The molecule has 0 saturated carbocycles. The number of hydrogen-bond donors (Lipinski definition) is 3. The first-order chi connectivity index (χ1) is 16.1. The van der Waals surface area contributed by atoms with E-state index in [1.807, 2.05) is 51.1 Å². The largest absolute Gasteiger partial charge is 0.376 e. The molecule has 0 aromatic heterocycles. The van der Waals surface area contributed by atoms with Crippen molar-refractivity contribution in [3.8, 4) is 0 Å². The van der Waals surface area contributed by atoms with Crippen molar-refractivity contribution in [3.63, 3.8) is 0 Å². The van der Waals surface area contributed by atoms with Crippen LogP contribution in [0.25, 0.3) is 0 Å². The fourth-order valence-electron chi connectivity index (χ4n) is 3.23. The summed E-state index contributed by atoms with van der Waals surface area (Å²) in [7, 11) is 1.71. The standard InChI is InChI=1S/C27H30N4O3/c1-27(2,3)30-25(33)19-13-15-21(16-14-19)28-18-24(32)29-22-10-8-9-20(17-22)26(34)31(4)23-11-6-5-7-12-23/h5-17,28H,18H2,1-4H3,(H,29,32)(H,30,33). The molecule has 0 radical (unpaired) electrons. The van der Waals surface area contributed by atoms with E-state index < -0.39 is 0 Å². The summed E-state index contributed by atoms with van der Waals surface area (Å²) in [5.41, 5.74) is 2.75. The lowest BCUT2D eigenvalue weighted by Gasteiger charge is -2.20. The normalized spacial score (nSPS) is 10.8. The van der Waals surface area contributed by atoms with Crippen LogP contribution in [0.5, 0.6) is 0 Å². The van der Waals surface area contributed by atoms with Gasteiger partial charge in [-0.1, -0.05) is 24.3 Å². The molecule has 7 heteroatoms. The fourth-order valence-corrected chi connectivity index (χ4v) is 3.23. The van der Waals surface area contributed by atoms with E-state index in [1.54, 1.807) is 60.5 Å². The first kappa shape index (κ1) is 24.5. The highest BCUT2D eigenvalue weighted by Gasteiger charge is 2.16. The predicted molar refractivity (Wildman–Crippen MR) is 136 cm³/mol. The fraction of sp³-hybridized carbons (Fsp3) is 0.222. The van der Waals surface area contributed by atoms with Crippen molar-refractivity contribution >= 4 is 34.8 Å². The number of amides is 3. The highest BCUT2D eigenvalue weighted by Crippen LogP contribution is 2.18. The van der Waals surface area contributed by atoms with Gasteiger partial charge in [0, 0.05) is 40.8 Å². The lowest BCUT2D eigenvalue weighted by atomic mass is 10.1. The van der Waals surface area contributed by atoms with Gasteiger partial charge in [0.1, 0.15) is 0 Å². The number of rotatable bonds is 7. The summed E-state index contributed by atoms with van der Waals surface area (Å²) in [6.07, 6.45) is 0. The van der Waals surface area contributed by atoms with Crippen LogP contribution in [0.15, 0.2) is 78.9 Å². The maximum absolute atomic E-state index is 12.8. The van der Waals surface area contributed by atoms with Gasteiger partial charge in [0.15, 0.2) is 0 Å². The molecule has 0 bridgehead atoms. The highest BCUT2D eigenvalue weighted by atomic mass is 16.2. The van der Waals surface area contributed by atoms with Gasteiger partial charge in [0.05, 0.1) is 6.54 Å². The van der Waals surface area contributed by atoms with Gasteiger partial charge in [0.2, 0.25) is 5.91 Å². The number of nitrogens with one attached hydrogen (secondary N) is 3. The van der Waals surface area contributed by atoms with Crippen molar-refractivity contribution in [3.05, 3.63) is 90.0 Å². The summed E-state index contributed by atoms with van der Waals surface area (Å²) >= 11 is 0. The molecule has 0 spiro atoms. The molecular formula is C27H30N4O3. The Bertz CT molecular complexity index is 1150. The molecule has 3 aromatic carbocycles. The first-order valence-corrected chi connectivity index (χ1v) is 11.0. The summed E-state index contributed by atoms with van der Waals surface area (Å²) in [5.74, 6) is -0.573. The van der Waals surface area contributed by atoms with Crippen LogP contribution in [-0.4, -0.2) is 36.9 Å². The van der Waals surface area contributed by atoms with Crippen molar-refractivity contribution in [2.24, 2.45) is 0 Å². The molecule has 0 heterocycles. The van der Waals surface area contributed by atoms with Crippen LogP contribution in [0.3, 0.4) is 0 Å². The summed E-state index contributed by atoms with van der Waals surface area (Å²) in [6, 6.07) is 23.1. The second-order valence-electron chi connectivity index (χ2n) is 8.96. The van der Waals surface area contributed by atoms with Gasteiger partial charge in [-0.3, -0.25) is 14.4 Å². The summed E-state index contributed by atoms with van der Waals surface area (Å²) < 4.78 is 0. The molecule has 7 nitrogen and oxygen atoms in total. The van der Waals surface area contributed by atoms with Crippen molar-refractivity contribution in [2.45, 2.75) is 26.3 Å². The van der Waals surface area contributed by atoms with Crippen LogP contribution in [0.4, 0.5) is 17.1 Å². The van der Waals surface area contributed by atoms with Gasteiger partial charge < -0.3 is 20.9 Å². The molecule has 176 valence electrons. The molecule has 3 amide bonds. The average molecular weight is 459 g/mol. The van der Waals surface area contributed by atoms with Gasteiger partial charge in [-0.05, 0) is 75.4 Å². The maximum Gasteiger partial charge on any atom is 0.258 e. The van der Waals surface area contributed by atoms with Crippen molar-refractivity contribution in [1.29, 1.82) is 0 Å². The van der Waals surface area contributed by atoms with E-state index in [1.165, 1.54) is 0 Å². The van der Waals surface area contributed by atoms with E-state index in [4.69, 9.17) is 0 Å². The summed E-state index contributed by atoms with van der Waals surface area (Å²) in [4.78, 5) is 39.0. The first-order valence-electron chi connectivity index (χ1n) is 11.0. The Kier molecular flexibility index (Phi) is 7.68. The Balaban J connectivity index is 1.55. The Hall–Kier alpha value is -4.13. The SMILES string of the molecule is CN(C(=O)c1cccc(NC(=O)CNc2ccc(C(=O)NC(C)(C)C)cc2)c1)c1ccccc1. The van der Waals surface area contributed by atoms with Crippen LogP contribution in [0.2, 0.25) is 0 Å². The third kappa shape index (κ3) is 6.93. The van der Waals surface area contributed by atoms with Crippen molar-refractivity contribution in [2.75, 3.05) is 29.1 Å². The number of anilines is 3. The zero-order chi connectivity index (χ0) is 24.7. The van der Waals surface area contributed by atoms with E-state index in [-0.39, 0.29) is 29.8 Å². The number of carbonyl (C=O) groups is 3. The van der Waals surface area contributed by atoms with Gasteiger partial charge >= 0.3 is 0 Å². The average Bonchev–Trinajstić information content (AvgIpc) is 2.82. The number of para-hydroxylation sites is 1. The molecule has 34 heavy (non-hydrogen) atoms. The molecule has 0 fully saturated rings. The number of hydrogen-bond acceptors (Lipinski definition) is 4. The summed E-state index contributed by atoms with van der Waals surface area (Å²) in [5, 5.41) is 8.75. The molecule has 0 atom stereocenters. The second-order valence-corrected chi connectivity index (χ2v) is 8.96. The minimum absolute atomic E-state index is 0.0373. The van der Waals surface area contributed by atoms with E-state index in [9.17, 15) is 14.4 Å². The molecule has 0 saturated heterocycles. The second kappa shape index (κ2) is 10.7. The van der Waals surface area contributed by atoms with Crippen molar-refractivity contribution in [1.82, 2.24) is 5.32 Å². The van der Waals surface area contributed by atoms with Crippen LogP contribution in [0, 0.1) is 0 Å². The van der Waals surface area contributed by atoms with E-state index >= 15 is 0 Å². The van der Waals surface area contributed by atoms with Crippen LogP contribution >= 0.6 is 0 Å². The molecule has 0 aliphatic carbocycles. The molecule has 0 aliphatic rings. The molecule has 3 rings (SSSR count). The number of benzene rings is 3. The van der Waals surface area contributed by atoms with E-state index in [0.29, 0.717) is 16.8 Å². The maximum atomic E-state index is 12.8. The molecule has 0 aliphatic heterocycles. The Morgan fingerprint density at radius 2 is 1.47 bits per heavy atom. The zero-order valence-electron chi connectivity index (χ0n) is 19.9. The molecule has 0 unspecified atom stereocenters. The molecule has 3 N–H and O–H groups in total. The van der Waals surface area contributed by atoms with Gasteiger partial charge in [-0.2, -0.15) is 0 Å². The Morgan fingerprint density at radius 1 is 0.794 bits per heavy atom. The topological polar surface area (TPSA) is 90.5 Å². The zero-order valence-corrected chi connectivity index (χ0v) is 19.9. The van der Waals surface area contributed by atoms with E-state index in [2.05, 4.69) is 16.0 Å². The monoisotopic (exact) mass is 458 g/mol. The van der Waals surface area contributed by atoms with Crippen LogP contribution < -0.4 is 20.9 Å². The van der Waals surface area contributed by atoms with Crippen LogP contribution in [-0.2, 0) is 4.79 Å². The van der Waals surface area contributed by atoms with Gasteiger partial charge in [0.25, 0.3) is 11.8 Å². The third-order valence-electron chi connectivity index (χ3n) is 4.93. The summed E-state index contributed by atoms with van der Waals surface area (Å²) in [6.45, 7) is 5.81. The van der Waals surface area contributed by atoms with Crippen molar-refractivity contribution < 1.29 is 14.4 Å². The molecule has 3 aromatic rings. The lowest BCUT2D eigenvalue weighted by molar-refractivity contribution is -0.114. The highest BCUT2D eigenvalue weighted by molar-refractivity contribution is 6.06. The molecular weight excluding hydrogens is 428 g/mol. The van der Waals surface area contributed by atoms with Gasteiger partial charge in [-0.25, -0.2) is 0 Å². The van der Waals surface area contributed by atoms with Gasteiger partial charge in [-0.15, -0.1) is 0 Å². The predicted octanol–water partition coefficient (Wildman–Crippen LogP) is 4.54. The minimum Gasteiger partial charge on any atom is -0.376 e. The number of nitrogens with zero attached hydrogens (tertiary/aromatic N) is 1. The Labute approximate surface area is 200 Å². The lowest BCUT2D eigenvalue weighted by Crippen LogP contribution is -2.40. The number of carbonyl (C=O) groups excluding carboxylic acids is 3. The van der Waals surface area contributed by atoms with Crippen LogP contribution in [0.1, 0.15) is 41.5 Å². The Morgan fingerprint density at radius 3 is 2.12 bits per heavy atom. The minimum atomic E-state index is -0.315. The smallest absolute Gasteiger partial charge is 0.258 e.